The molecule has 5 nitrogen and oxygen atoms in total. The van der Waals surface area contributed by atoms with Crippen molar-refractivity contribution in [1.29, 1.82) is 0 Å². The summed E-state index contributed by atoms with van der Waals surface area (Å²) >= 11 is 0. The van der Waals surface area contributed by atoms with Crippen LogP contribution >= 0.6 is 0 Å². The van der Waals surface area contributed by atoms with E-state index in [1.807, 2.05) is 48.5 Å². The van der Waals surface area contributed by atoms with Crippen LogP contribution in [0.15, 0.2) is 53.7 Å². The van der Waals surface area contributed by atoms with Crippen LogP contribution in [0.3, 0.4) is 0 Å². The lowest BCUT2D eigenvalue weighted by Gasteiger charge is -2.00. The van der Waals surface area contributed by atoms with E-state index in [-0.39, 0.29) is 0 Å². The Morgan fingerprint density at radius 1 is 0.810 bits per heavy atom. The summed E-state index contributed by atoms with van der Waals surface area (Å²) in [6, 6.07) is 15.3. The number of fused-ring (bicyclic) bond motifs is 3. The van der Waals surface area contributed by atoms with Gasteiger partial charge in [0.2, 0.25) is 0 Å². The summed E-state index contributed by atoms with van der Waals surface area (Å²) in [5.41, 5.74) is 4.27. The van der Waals surface area contributed by atoms with E-state index >= 15 is 0 Å². The molecule has 0 amide bonds. The van der Waals surface area contributed by atoms with Gasteiger partial charge in [0.25, 0.3) is 0 Å². The van der Waals surface area contributed by atoms with Crippen LogP contribution in [-0.2, 0) is 19.2 Å². The van der Waals surface area contributed by atoms with E-state index in [4.69, 9.17) is 0 Å². The van der Waals surface area contributed by atoms with Gasteiger partial charge in [0, 0.05) is 11.1 Å². The van der Waals surface area contributed by atoms with Crippen LogP contribution in [0.25, 0.3) is 11.1 Å². The molecule has 2 aromatic carbocycles. The van der Waals surface area contributed by atoms with Crippen molar-refractivity contribution in [3.63, 3.8) is 0 Å². The molecule has 0 spiro atoms. The zero-order valence-corrected chi connectivity index (χ0v) is 11.2. The smallest absolute Gasteiger partial charge is 0.443 e. The van der Waals surface area contributed by atoms with Gasteiger partial charge in [-0.05, 0) is 11.1 Å². The number of benzene rings is 2. The van der Waals surface area contributed by atoms with E-state index in [1.54, 1.807) is 0 Å². The van der Waals surface area contributed by atoms with Gasteiger partial charge in [0.1, 0.15) is 5.71 Å². The van der Waals surface area contributed by atoms with Gasteiger partial charge in [0.05, 0.1) is 7.11 Å². The topological polar surface area (TPSA) is 65.0 Å². The summed E-state index contributed by atoms with van der Waals surface area (Å²) in [7, 11) is 1.11. The highest BCUT2D eigenvalue weighted by atomic mass is 16.7. The summed E-state index contributed by atoms with van der Waals surface area (Å²) in [6.07, 6.45) is 0. The first-order valence-corrected chi connectivity index (χ1v) is 6.29. The molecule has 0 bridgehead atoms. The largest absolute Gasteiger partial charge is 0.461 e. The molecule has 21 heavy (non-hydrogen) atoms. The number of nitrogens with zero attached hydrogens (tertiary/aromatic N) is 1. The second-order valence-corrected chi connectivity index (χ2v) is 4.40. The number of carbonyl (C=O) groups excluding carboxylic acids is 2. The van der Waals surface area contributed by atoms with Gasteiger partial charge in [-0.2, -0.15) is 0 Å². The van der Waals surface area contributed by atoms with Crippen LogP contribution < -0.4 is 0 Å². The molecule has 0 saturated carbocycles. The maximum atomic E-state index is 11.4. The normalized spacial score (nSPS) is 11.4. The van der Waals surface area contributed by atoms with Crippen LogP contribution in [0.1, 0.15) is 11.1 Å². The minimum Gasteiger partial charge on any atom is -0.461 e. The maximum Gasteiger partial charge on any atom is 0.443 e. The van der Waals surface area contributed by atoms with Gasteiger partial charge in [-0.1, -0.05) is 53.7 Å². The first-order valence-electron chi connectivity index (χ1n) is 6.29. The minimum atomic E-state index is -1.15. The molecule has 0 aliphatic heterocycles. The second-order valence-electron chi connectivity index (χ2n) is 4.40. The molecule has 0 fully saturated rings. The molecule has 0 N–H and O–H groups in total. The zero-order chi connectivity index (χ0) is 14.8. The number of carbonyl (C=O) groups is 2. The third kappa shape index (κ3) is 2.18. The second kappa shape index (κ2) is 5.20. The molecule has 1 aliphatic carbocycles. The van der Waals surface area contributed by atoms with Crippen molar-refractivity contribution < 1.29 is 19.2 Å². The molecule has 3 rings (SSSR count). The third-order valence-corrected chi connectivity index (χ3v) is 3.23. The van der Waals surface area contributed by atoms with Crippen molar-refractivity contribution in [1.82, 2.24) is 0 Å². The summed E-state index contributed by atoms with van der Waals surface area (Å²) in [6.45, 7) is 0. The third-order valence-electron chi connectivity index (χ3n) is 3.23. The van der Waals surface area contributed by atoms with E-state index in [9.17, 15) is 9.59 Å². The zero-order valence-electron chi connectivity index (χ0n) is 11.2. The number of rotatable bonds is 1. The van der Waals surface area contributed by atoms with Gasteiger partial charge in [-0.15, -0.1) is 0 Å². The van der Waals surface area contributed by atoms with Crippen LogP contribution in [0.5, 0.6) is 0 Å². The molecule has 0 atom stereocenters. The summed E-state index contributed by atoms with van der Waals surface area (Å²) < 4.78 is 4.28. The van der Waals surface area contributed by atoms with E-state index in [0.717, 1.165) is 29.4 Å². The average molecular weight is 281 g/mol. The van der Waals surface area contributed by atoms with Crippen LogP contribution in [-0.4, -0.2) is 24.8 Å². The summed E-state index contributed by atoms with van der Waals surface area (Å²) in [5, 5.41) is 3.84. The van der Waals surface area contributed by atoms with E-state index < -0.39 is 11.9 Å². The number of hydrogen-bond donors (Lipinski definition) is 0. The Morgan fingerprint density at radius 3 is 1.76 bits per heavy atom. The number of hydrogen-bond acceptors (Lipinski definition) is 5. The molecular formula is C16H11NO4. The lowest BCUT2D eigenvalue weighted by molar-refractivity contribution is -0.165. The van der Waals surface area contributed by atoms with Crippen molar-refractivity contribution >= 4 is 17.7 Å². The predicted octanol–water partition coefficient (Wildman–Crippen LogP) is 2.14. The Morgan fingerprint density at radius 2 is 1.29 bits per heavy atom. The summed E-state index contributed by atoms with van der Waals surface area (Å²) in [5.74, 6) is -2.23. The lowest BCUT2D eigenvalue weighted by Crippen LogP contribution is -2.17. The lowest BCUT2D eigenvalue weighted by atomic mass is 10.1. The Bertz CT molecular complexity index is 717. The van der Waals surface area contributed by atoms with Gasteiger partial charge >= 0.3 is 11.9 Å². The molecule has 0 saturated heterocycles. The van der Waals surface area contributed by atoms with Crippen molar-refractivity contribution in [2.24, 2.45) is 5.16 Å². The monoisotopic (exact) mass is 281 g/mol. The molecule has 0 aromatic heterocycles. The van der Waals surface area contributed by atoms with E-state index in [1.165, 1.54) is 0 Å². The van der Waals surface area contributed by atoms with E-state index in [2.05, 4.69) is 14.7 Å². The molecule has 1 aliphatic rings. The first-order chi connectivity index (χ1) is 10.2. The number of ether oxygens (including phenoxy) is 1. The molecule has 0 unspecified atom stereocenters. The highest BCUT2D eigenvalue weighted by molar-refractivity contribution is 6.30. The maximum absolute atomic E-state index is 11.4. The van der Waals surface area contributed by atoms with Crippen molar-refractivity contribution in [3.8, 4) is 11.1 Å². The molecule has 5 heteroatoms. The summed E-state index contributed by atoms with van der Waals surface area (Å²) in [4.78, 5) is 27.1. The van der Waals surface area contributed by atoms with Crippen LogP contribution in [0.2, 0.25) is 0 Å². The molecule has 2 aromatic rings. The van der Waals surface area contributed by atoms with Crippen LogP contribution in [0.4, 0.5) is 0 Å². The molecular weight excluding hydrogens is 270 g/mol. The van der Waals surface area contributed by atoms with Gasteiger partial charge in [0.15, 0.2) is 0 Å². The number of oxime groups is 1. The van der Waals surface area contributed by atoms with Gasteiger partial charge in [-0.3, -0.25) is 0 Å². The highest BCUT2D eigenvalue weighted by Crippen LogP contribution is 2.36. The Labute approximate surface area is 120 Å². The van der Waals surface area contributed by atoms with Gasteiger partial charge < -0.3 is 9.57 Å². The fourth-order valence-corrected chi connectivity index (χ4v) is 2.30. The number of methoxy groups -OCH3 is 1. The minimum absolute atomic E-state index is 0.526. The molecule has 0 heterocycles. The van der Waals surface area contributed by atoms with Crippen molar-refractivity contribution in [3.05, 3.63) is 59.7 Å². The van der Waals surface area contributed by atoms with Gasteiger partial charge in [-0.25, -0.2) is 9.59 Å². The Balaban J connectivity index is 2.03. The SMILES string of the molecule is COC(=O)C(=O)ON=C1c2ccccc2-c2ccccc21. The fourth-order valence-electron chi connectivity index (χ4n) is 2.30. The van der Waals surface area contributed by atoms with E-state index in [0.29, 0.717) is 5.71 Å². The van der Waals surface area contributed by atoms with Crippen LogP contribution in [0, 0.1) is 0 Å². The quantitative estimate of drug-likeness (QED) is 0.297. The molecule has 104 valence electrons. The Kier molecular flexibility index (Phi) is 3.23. The first kappa shape index (κ1) is 13.1. The fraction of sp³-hybridized carbons (Fsp3) is 0.0625. The van der Waals surface area contributed by atoms with Crippen molar-refractivity contribution in [2.75, 3.05) is 7.11 Å². The van der Waals surface area contributed by atoms with Crippen molar-refractivity contribution in [2.45, 2.75) is 0 Å². The standard InChI is InChI=1S/C16H11NO4/c1-20-15(18)16(19)21-17-14-12-8-4-2-6-10(12)11-7-3-5-9-13(11)14/h2-9H,1H3. The predicted molar refractivity (Wildman–Crippen MR) is 75.6 cm³/mol. The average Bonchev–Trinajstić information content (AvgIpc) is 2.86. The highest BCUT2D eigenvalue weighted by Gasteiger charge is 2.25. The molecule has 0 radical (unpaired) electrons. The number of esters is 1. The Hall–Kier alpha value is -2.95.